The Balaban J connectivity index is 2.60. The van der Waals surface area contributed by atoms with Crippen molar-refractivity contribution < 1.29 is 23.8 Å². The SMILES string of the molecule is CCCCOC(C)C(=O)Nc1ccc(CC(=O)O)c(F)c1. The number of carbonyl (C=O) groups excluding carboxylic acids is 1. The minimum atomic E-state index is -1.11. The summed E-state index contributed by atoms with van der Waals surface area (Å²) in [5.74, 6) is -2.13. The summed E-state index contributed by atoms with van der Waals surface area (Å²) in [6.45, 7) is 4.15. The van der Waals surface area contributed by atoms with Gasteiger partial charge in [-0.25, -0.2) is 4.39 Å². The molecule has 1 aromatic carbocycles. The van der Waals surface area contributed by atoms with Crippen LogP contribution in [0, 0.1) is 5.82 Å². The van der Waals surface area contributed by atoms with E-state index in [1.807, 2.05) is 6.92 Å². The lowest BCUT2D eigenvalue weighted by Crippen LogP contribution is -2.28. The molecule has 0 aromatic heterocycles. The molecule has 0 saturated carbocycles. The van der Waals surface area contributed by atoms with E-state index in [4.69, 9.17) is 9.84 Å². The van der Waals surface area contributed by atoms with Gasteiger partial charge in [0.05, 0.1) is 6.42 Å². The van der Waals surface area contributed by atoms with Gasteiger partial charge in [-0.2, -0.15) is 0 Å². The van der Waals surface area contributed by atoms with Crippen LogP contribution < -0.4 is 5.32 Å². The minimum Gasteiger partial charge on any atom is -0.481 e. The first-order chi connectivity index (χ1) is 9.93. The van der Waals surface area contributed by atoms with Crippen LogP contribution in [0.1, 0.15) is 32.3 Å². The molecule has 6 heteroatoms. The Labute approximate surface area is 123 Å². The van der Waals surface area contributed by atoms with Gasteiger partial charge in [0.2, 0.25) is 0 Å². The molecule has 21 heavy (non-hydrogen) atoms. The molecule has 0 bridgehead atoms. The van der Waals surface area contributed by atoms with Crippen molar-refractivity contribution in [3.05, 3.63) is 29.6 Å². The second kappa shape index (κ2) is 8.36. The predicted molar refractivity (Wildman–Crippen MR) is 76.7 cm³/mol. The summed E-state index contributed by atoms with van der Waals surface area (Å²) in [5.41, 5.74) is 0.352. The van der Waals surface area contributed by atoms with Crippen molar-refractivity contribution in [1.82, 2.24) is 0 Å². The van der Waals surface area contributed by atoms with Gasteiger partial charge in [-0.15, -0.1) is 0 Å². The number of ether oxygens (including phenoxy) is 1. The van der Waals surface area contributed by atoms with Crippen molar-refractivity contribution in [2.24, 2.45) is 0 Å². The summed E-state index contributed by atoms with van der Waals surface area (Å²) in [7, 11) is 0. The van der Waals surface area contributed by atoms with Crippen molar-refractivity contribution in [1.29, 1.82) is 0 Å². The summed E-state index contributed by atoms with van der Waals surface area (Å²) >= 11 is 0. The maximum absolute atomic E-state index is 13.7. The van der Waals surface area contributed by atoms with Crippen LogP contribution in [0.3, 0.4) is 0 Å². The van der Waals surface area contributed by atoms with Crippen molar-refractivity contribution >= 4 is 17.6 Å². The number of carboxylic acids is 1. The number of benzene rings is 1. The molecular formula is C15H20FNO4. The molecule has 0 aliphatic carbocycles. The lowest BCUT2D eigenvalue weighted by atomic mass is 10.1. The topological polar surface area (TPSA) is 75.6 Å². The highest BCUT2D eigenvalue weighted by atomic mass is 19.1. The van der Waals surface area contributed by atoms with Crippen LogP contribution in [0.15, 0.2) is 18.2 Å². The van der Waals surface area contributed by atoms with Crippen molar-refractivity contribution in [3.8, 4) is 0 Å². The van der Waals surface area contributed by atoms with Gasteiger partial charge in [-0.05, 0) is 31.0 Å². The molecule has 0 saturated heterocycles. The van der Waals surface area contributed by atoms with E-state index in [1.165, 1.54) is 12.1 Å². The molecule has 0 heterocycles. The fourth-order valence-corrected chi connectivity index (χ4v) is 1.66. The van der Waals surface area contributed by atoms with E-state index in [9.17, 15) is 14.0 Å². The number of carbonyl (C=O) groups is 2. The zero-order valence-corrected chi connectivity index (χ0v) is 12.2. The second-order valence-electron chi connectivity index (χ2n) is 4.73. The first-order valence-electron chi connectivity index (χ1n) is 6.86. The maximum atomic E-state index is 13.7. The fourth-order valence-electron chi connectivity index (χ4n) is 1.66. The van der Waals surface area contributed by atoms with E-state index in [0.29, 0.717) is 6.61 Å². The zero-order valence-electron chi connectivity index (χ0n) is 12.2. The number of amides is 1. The molecule has 0 aliphatic rings. The number of carboxylic acid groups (broad SMARTS) is 1. The largest absolute Gasteiger partial charge is 0.481 e. The molecule has 116 valence electrons. The number of halogens is 1. The average Bonchev–Trinajstić information content (AvgIpc) is 2.41. The number of hydrogen-bond acceptors (Lipinski definition) is 3. The smallest absolute Gasteiger partial charge is 0.307 e. The highest BCUT2D eigenvalue weighted by Gasteiger charge is 2.14. The molecule has 1 amide bonds. The van der Waals surface area contributed by atoms with Crippen LogP contribution in [0.5, 0.6) is 0 Å². The molecule has 2 N–H and O–H groups in total. The number of nitrogens with one attached hydrogen (secondary N) is 1. The van der Waals surface area contributed by atoms with E-state index in [0.717, 1.165) is 18.9 Å². The third kappa shape index (κ3) is 5.91. The average molecular weight is 297 g/mol. The van der Waals surface area contributed by atoms with Gasteiger partial charge < -0.3 is 15.2 Å². The Hall–Kier alpha value is -1.95. The number of unbranched alkanes of at least 4 members (excludes halogenated alkanes) is 1. The van der Waals surface area contributed by atoms with Crippen LogP contribution >= 0.6 is 0 Å². The number of rotatable bonds is 8. The van der Waals surface area contributed by atoms with Gasteiger partial charge >= 0.3 is 5.97 Å². The molecule has 0 spiro atoms. The molecule has 1 rings (SSSR count). The van der Waals surface area contributed by atoms with Crippen LogP contribution in [0.4, 0.5) is 10.1 Å². The highest BCUT2D eigenvalue weighted by Crippen LogP contribution is 2.15. The summed E-state index contributed by atoms with van der Waals surface area (Å²) in [4.78, 5) is 22.4. The lowest BCUT2D eigenvalue weighted by Gasteiger charge is -2.13. The molecule has 5 nitrogen and oxygen atoms in total. The standard InChI is InChI=1S/C15H20FNO4/c1-3-4-7-21-10(2)15(20)17-12-6-5-11(8-14(18)19)13(16)9-12/h5-6,9-10H,3-4,7-8H2,1-2H3,(H,17,20)(H,18,19). The first kappa shape index (κ1) is 17.1. The van der Waals surface area contributed by atoms with E-state index in [-0.39, 0.29) is 17.2 Å². The van der Waals surface area contributed by atoms with Crippen molar-refractivity contribution in [3.63, 3.8) is 0 Å². The van der Waals surface area contributed by atoms with Gasteiger partial charge in [-0.3, -0.25) is 9.59 Å². The monoisotopic (exact) mass is 297 g/mol. The molecule has 0 fully saturated rings. The zero-order chi connectivity index (χ0) is 15.8. The van der Waals surface area contributed by atoms with Crippen molar-refractivity contribution in [2.45, 2.75) is 39.2 Å². The third-order valence-electron chi connectivity index (χ3n) is 2.90. The first-order valence-corrected chi connectivity index (χ1v) is 6.86. The fraction of sp³-hybridized carbons (Fsp3) is 0.467. The number of anilines is 1. The van der Waals surface area contributed by atoms with Crippen LogP contribution in [-0.2, 0) is 20.7 Å². The van der Waals surface area contributed by atoms with Crippen LogP contribution in [0.2, 0.25) is 0 Å². The summed E-state index contributed by atoms with van der Waals surface area (Å²) in [5, 5.41) is 11.2. The van der Waals surface area contributed by atoms with E-state index in [2.05, 4.69) is 5.32 Å². The van der Waals surface area contributed by atoms with Gasteiger partial charge in [0.25, 0.3) is 5.91 Å². The Morgan fingerprint density at radius 3 is 2.71 bits per heavy atom. The normalized spacial score (nSPS) is 12.0. The van der Waals surface area contributed by atoms with Gasteiger partial charge in [0.1, 0.15) is 11.9 Å². The van der Waals surface area contributed by atoms with Crippen molar-refractivity contribution in [2.75, 3.05) is 11.9 Å². The molecular weight excluding hydrogens is 277 g/mol. The molecule has 0 aliphatic heterocycles. The van der Waals surface area contributed by atoms with E-state index < -0.39 is 24.3 Å². The van der Waals surface area contributed by atoms with Crippen LogP contribution in [0.25, 0.3) is 0 Å². The Kier molecular flexibility index (Phi) is 6.81. The number of aliphatic carboxylic acids is 1. The van der Waals surface area contributed by atoms with Gasteiger partial charge in [0.15, 0.2) is 0 Å². The quantitative estimate of drug-likeness (QED) is 0.723. The maximum Gasteiger partial charge on any atom is 0.307 e. The Morgan fingerprint density at radius 2 is 2.14 bits per heavy atom. The van der Waals surface area contributed by atoms with Gasteiger partial charge in [-0.1, -0.05) is 19.4 Å². The predicted octanol–water partition coefficient (Wildman–Crippen LogP) is 2.60. The third-order valence-corrected chi connectivity index (χ3v) is 2.90. The summed E-state index contributed by atoms with van der Waals surface area (Å²) in [6, 6.07) is 3.93. The summed E-state index contributed by atoms with van der Waals surface area (Å²) in [6.07, 6.45) is 0.829. The molecule has 1 aromatic rings. The highest BCUT2D eigenvalue weighted by molar-refractivity contribution is 5.93. The van der Waals surface area contributed by atoms with Gasteiger partial charge in [0, 0.05) is 12.3 Å². The Bertz CT molecular complexity index is 504. The second-order valence-corrected chi connectivity index (χ2v) is 4.73. The van der Waals surface area contributed by atoms with Crippen LogP contribution in [-0.4, -0.2) is 29.7 Å². The summed E-state index contributed by atoms with van der Waals surface area (Å²) < 4.78 is 19.0. The number of hydrogen-bond donors (Lipinski definition) is 2. The Morgan fingerprint density at radius 1 is 1.43 bits per heavy atom. The molecule has 1 unspecified atom stereocenters. The lowest BCUT2D eigenvalue weighted by molar-refractivity contribution is -0.136. The van der Waals surface area contributed by atoms with E-state index >= 15 is 0 Å². The van der Waals surface area contributed by atoms with E-state index in [1.54, 1.807) is 6.92 Å². The molecule has 0 radical (unpaired) electrons. The molecule has 1 atom stereocenters. The minimum absolute atomic E-state index is 0.0766.